The Labute approximate surface area is 244 Å². The minimum absolute atomic E-state index is 0.121. The molecule has 0 aliphatic carbocycles. The van der Waals surface area contributed by atoms with Crippen LogP contribution in [0.25, 0.3) is 11.1 Å². The molecular weight excluding hydrogens is 538 g/mol. The van der Waals surface area contributed by atoms with Crippen LogP contribution in [0.1, 0.15) is 19.4 Å². The predicted molar refractivity (Wildman–Crippen MR) is 164 cm³/mol. The zero-order chi connectivity index (χ0) is 29.0. The van der Waals surface area contributed by atoms with Gasteiger partial charge in [-0.3, -0.25) is 19.5 Å². The summed E-state index contributed by atoms with van der Waals surface area (Å²) in [7, 11) is -0.373. The van der Waals surface area contributed by atoms with Crippen molar-refractivity contribution >= 4 is 27.2 Å². The predicted octanol–water partition coefficient (Wildman–Crippen LogP) is 3.37. The Morgan fingerprint density at radius 1 is 0.927 bits per heavy atom. The van der Waals surface area contributed by atoms with Crippen molar-refractivity contribution in [3.8, 4) is 11.1 Å². The second-order valence-corrected chi connectivity index (χ2v) is 12.8. The molecule has 0 saturated carbocycles. The molecule has 2 fully saturated rings. The maximum Gasteiger partial charge on any atom is 0.265 e. The Bertz CT molecular complexity index is 1420. The number of nitrogens with one attached hydrogen (secondary N) is 1. The highest BCUT2D eigenvalue weighted by atomic mass is 32.2. The fraction of sp³-hybridized carbons (Fsp3) is 0.467. The smallest absolute Gasteiger partial charge is 0.265 e. The second-order valence-electron chi connectivity index (χ2n) is 11.2. The van der Waals surface area contributed by atoms with Crippen LogP contribution in [0, 0.1) is 0 Å². The molecule has 3 aromatic rings. The van der Waals surface area contributed by atoms with Gasteiger partial charge >= 0.3 is 0 Å². The van der Waals surface area contributed by atoms with Crippen molar-refractivity contribution < 1.29 is 13.2 Å². The summed E-state index contributed by atoms with van der Waals surface area (Å²) >= 11 is 0. The quantitative estimate of drug-likeness (QED) is 0.410. The van der Waals surface area contributed by atoms with Crippen LogP contribution in [0.2, 0.25) is 0 Å². The summed E-state index contributed by atoms with van der Waals surface area (Å²) in [6, 6.07) is 12.6. The van der Waals surface area contributed by atoms with Crippen molar-refractivity contribution in [3.63, 3.8) is 0 Å². The number of rotatable bonds is 9. The van der Waals surface area contributed by atoms with Gasteiger partial charge in [0.15, 0.2) is 0 Å². The Morgan fingerprint density at radius 2 is 1.63 bits per heavy atom. The molecule has 1 aromatic carbocycles. The van der Waals surface area contributed by atoms with Crippen LogP contribution in [0.15, 0.2) is 59.9 Å². The van der Waals surface area contributed by atoms with Crippen LogP contribution >= 0.6 is 0 Å². The molecule has 2 aromatic heterocycles. The first-order valence-corrected chi connectivity index (χ1v) is 15.7. The van der Waals surface area contributed by atoms with Crippen LogP contribution in [0.5, 0.6) is 0 Å². The monoisotopic (exact) mass is 579 g/mol. The highest BCUT2D eigenvalue weighted by Crippen LogP contribution is 2.30. The number of anilines is 3. The van der Waals surface area contributed by atoms with Crippen molar-refractivity contribution in [3.05, 3.63) is 60.6 Å². The number of benzene rings is 1. The maximum atomic E-state index is 13.6. The van der Waals surface area contributed by atoms with E-state index in [0.29, 0.717) is 43.9 Å². The fourth-order valence-corrected chi connectivity index (χ4v) is 6.60. The third-order valence-corrected chi connectivity index (χ3v) is 9.11. The molecule has 41 heavy (non-hydrogen) atoms. The largest absolute Gasteiger partial charge is 0.378 e. The molecule has 0 radical (unpaired) electrons. The van der Waals surface area contributed by atoms with Gasteiger partial charge in [-0.15, -0.1) is 0 Å². The van der Waals surface area contributed by atoms with Gasteiger partial charge in [0.05, 0.1) is 37.0 Å². The van der Waals surface area contributed by atoms with Crippen LogP contribution in [0.4, 0.5) is 17.2 Å². The number of hydrogen-bond donors (Lipinski definition) is 1. The molecule has 0 spiro atoms. The standard InChI is InChI=1S/C30H41N7O3S/c1-23(2)36-11-9-35(10-12-36)22-24-5-7-25(8-6-24)26-17-27(20-31-19-26)33-41(38,39)29-18-28(21-32-30(29)34(3)4)37-13-15-40-16-14-37/h5-8,17-21,23,33H,9-16,22H2,1-4H3. The Morgan fingerprint density at radius 3 is 2.29 bits per heavy atom. The van der Waals surface area contributed by atoms with Gasteiger partial charge in [0.25, 0.3) is 10.0 Å². The van der Waals surface area contributed by atoms with E-state index in [9.17, 15) is 8.42 Å². The van der Waals surface area contributed by atoms with E-state index in [0.717, 1.165) is 49.5 Å². The van der Waals surface area contributed by atoms with Crippen LogP contribution in [-0.2, 0) is 21.3 Å². The Kier molecular flexibility index (Phi) is 9.08. The Hall–Kier alpha value is -3.25. The van der Waals surface area contributed by atoms with E-state index >= 15 is 0 Å². The van der Waals surface area contributed by atoms with Crippen molar-refractivity contribution in [1.82, 2.24) is 19.8 Å². The van der Waals surface area contributed by atoms with E-state index in [1.54, 1.807) is 37.5 Å². The molecule has 0 amide bonds. The van der Waals surface area contributed by atoms with Gasteiger partial charge in [-0.1, -0.05) is 24.3 Å². The van der Waals surface area contributed by atoms with Gasteiger partial charge in [0.1, 0.15) is 10.7 Å². The normalized spacial score (nSPS) is 17.1. The number of morpholine rings is 1. The minimum Gasteiger partial charge on any atom is -0.378 e. The summed E-state index contributed by atoms with van der Waals surface area (Å²) in [5.41, 5.74) is 4.25. The third kappa shape index (κ3) is 7.16. The van der Waals surface area contributed by atoms with Crippen LogP contribution in [0.3, 0.4) is 0 Å². The summed E-state index contributed by atoms with van der Waals surface area (Å²) in [4.78, 5) is 17.8. The van der Waals surface area contributed by atoms with Crippen LogP contribution < -0.4 is 14.5 Å². The number of piperazine rings is 1. The van der Waals surface area contributed by atoms with Gasteiger partial charge in [-0.05, 0) is 37.1 Å². The Balaban J connectivity index is 1.30. The van der Waals surface area contributed by atoms with E-state index in [2.05, 4.69) is 67.5 Å². The molecule has 0 bridgehead atoms. The number of pyridine rings is 2. The molecule has 5 rings (SSSR count). The van der Waals surface area contributed by atoms with E-state index in [1.165, 1.54) is 11.8 Å². The maximum absolute atomic E-state index is 13.6. The zero-order valence-electron chi connectivity index (χ0n) is 24.5. The molecule has 2 aliphatic rings. The lowest BCUT2D eigenvalue weighted by Gasteiger charge is -2.36. The molecule has 11 heteroatoms. The molecule has 0 unspecified atom stereocenters. The lowest BCUT2D eigenvalue weighted by molar-refractivity contribution is 0.104. The number of aromatic nitrogens is 2. The van der Waals surface area contributed by atoms with Gasteiger partial charge in [0, 0.05) is 77.7 Å². The van der Waals surface area contributed by atoms with Gasteiger partial charge in [-0.2, -0.15) is 0 Å². The van der Waals surface area contributed by atoms with Gasteiger partial charge < -0.3 is 14.5 Å². The third-order valence-electron chi connectivity index (χ3n) is 7.73. The van der Waals surface area contributed by atoms with E-state index in [4.69, 9.17) is 4.74 Å². The van der Waals surface area contributed by atoms with Crippen molar-refractivity contribution in [1.29, 1.82) is 0 Å². The number of hydrogen-bond acceptors (Lipinski definition) is 9. The lowest BCUT2D eigenvalue weighted by Crippen LogP contribution is -2.48. The molecular formula is C30H41N7O3S. The number of nitrogens with zero attached hydrogens (tertiary/aromatic N) is 6. The summed E-state index contributed by atoms with van der Waals surface area (Å²) < 4.78 is 35.5. The molecule has 220 valence electrons. The summed E-state index contributed by atoms with van der Waals surface area (Å²) in [5, 5.41) is 0. The molecule has 10 nitrogen and oxygen atoms in total. The van der Waals surface area contributed by atoms with Crippen molar-refractivity contribution in [2.24, 2.45) is 0 Å². The van der Waals surface area contributed by atoms with Crippen LogP contribution in [-0.4, -0.2) is 101 Å². The molecule has 2 saturated heterocycles. The van der Waals surface area contributed by atoms with Gasteiger partial charge in [0.2, 0.25) is 0 Å². The first-order valence-electron chi connectivity index (χ1n) is 14.2. The molecule has 0 atom stereocenters. The molecule has 4 heterocycles. The zero-order valence-corrected chi connectivity index (χ0v) is 25.3. The van der Waals surface area contributed by atoms with Crippen molar-refractivity contribution in [2.75, 3.05) is 81.1 Å². The summed E-state index contributed by atoms with van der Waals surface area (Å²) in [6.45, 7) is 12.4. The van der Waals surface area contributed by atoms with Gasteiger partial charge in [-0.25, -0.2) is 13.4 Å². The SMILES string of the molecule is CC(C)N1CCN(Cc2ccc(-c3cncc(NS(=O)(=O)c4cc(N5CCOCC5)cnc4N(C)C)c3)cc2)CC1. The van der Waals surface area contributed by atoms with E-state index in [-0.39, 0.29) is 4.90 Å². The highest BCUT2D eigenvalue weighted by Gasteiger charge is 2.24. The lowest BCUT2D eigenvalue weighted by atomic mass is 10.0. The summed E-state index contributed by atoms with van der Waals surface area (Å²) in [6.07, 6.45) is 5.00. The van der Waals surface area contributed by atoms with E-state index < -0.39 is 10.0 Å². The first kappa shape index (κ1) is 29.2. The molecule has 1 N–H and O–H groups in total. The average Bonchev–Trinajstić information content (AvgIpc) is 2.98. The second kappa shape index (κ2) is 12.7. The molecule has 2 aliphatic heterocycles. The summed E-state index contributed by atoms with van der Waals surface area (Å²) in [5.74, 6) is 0.375. The van der Waals surface area contributed by atoms with Crippen molar-refractivity contribution in [2.45, 2.75) is 31.3 Å². The number of sulfonamides is 1. The first-order chi connectivity index (χ1) is 19.7. The average molecular weight is 580 g/mol. The fourth-order valence-electron chi connectivity index (χ4n) is 5.32. The topological polar surface area (TPSA) is 94.1 Å². The minimum atomic E-state index is -3.94. The van der Waals surface area contributed by atoms with E-state index in [1.807, 2.05) is 6.07 Å². The number of ether oxygens (including phenoxy) is 1. The highest BCUT2D eigenvalue weighted by molar-refractivity contribution is 7.92.